The van der Waals surface area contributed by atoms with E-state index in [0.29, 0.717) is 26.2 Å². The van der Waals surface area contributed by atoms with Crippen LogP contribution in [0, 0.1) is 6.92 Å². The van der Waals surface area contributed by atoms with Gasteiger partial charge in [0.25, 0.3) is 0 Å². The number of ether oxygens (including phenoxy) is 1. The largest absolute Gasteiger partial charge is 0.377 e. The van der Waals surface area contributed by atoms with Crippen LogP contribution in [0.2, 0.25) is 0 Å². The van der Waals surface area contributed by atoms with Crippen molar-refractivity contribution in [2.45, 2.75) is 45.1 Å². The molecule has 1 aliphatic heterocycles. The summed E-state index contributed by atoms with van der Waals surface area (Å²) in [6.07, 6.45) is 11.0. The minimum atomic E-state index is 0.124. The molecule has 6 heteroatoms. The number of carbonyl (C=O) groups excluding carboxylic acids is 1. The van der Waals surface area contributed by atoms with E-state index in [4.69, 9.17) is 4.74 Å². The summed E-state index contributed by atoms with van der Waals surface area (Å²) < 4.78 is 5.62. The first-order chi connectivity index (χ1) is 12.7. The molecule has 1 amide bonds. The van der Waals surface area contributed by atoms with Crippen molar-refractivity contribution < 1.29 is 9.53 Å². The van der Waals surface area contributed by atoms with E-state index in [-0.39, 0.29) is 11.9 Å². The maximum Gasteiger partial charge on any atom is 0.222 e. The van der Waals surface area contributed by atoms with E-state index >= 15 is 0 Å². The van der Waals surface area contributed by atoms with Crippen LogP contribution in [-0.4, -0.2) is 51.6 Å². The fourth-order valence-electron chi connectivity index (χ4n) is 3.34. The number of amides is 1. The van der Waals surface area contributed by atoms with Gasteiger partial charge in [0.15, 0.2) is 0 Å². The van der Waals surface area contributed by atoms with Gasteiger partial charge in [-0.3, -0.25) is 19.7 Å². The third kappa shape index (κ3) is 5.08. The van der Waals surface area contributed by atoms with E-state index in [9.17, 15) is 4.79 Å². The monoisotopic (exact) mass is 354 g/mol. The van der Waals surface area contributed by atoms with Gasteiger partial charge in [0.05, 0.1) is 30.6 Å². The van der Waals surface area contributed by atoms with Gasteiger partial charge in [0.1, 0.15) is 0 Å². The lowest BCUT2D eigenvalue weighted by atomic mass is 10.0. The highest BCUT2D eigenvalue weighted by atomic mass is 16.5. The van der Waals surface area contributed by atoms with Crippen molar-refractivity contribution in [1.29, 1.82) is 0 Å². The van der Waals surface area contributed by atoms with Crippen LogP contribution >= 0.6 is 0 Å². The van der Waals surface area contributed by atoms with Crippen molar-refractivity contribution in [3.05, 3.63) is 53.9 Å². The zero-order valence-corrected chi connectivity index (χ0v) is 15.3. The van der Waals surface area contributed by atoms with Gasteiger partial charge in [0, 0.05) is 37.8 Å². The summed E-state index contributed by atoms with van der Waals surface area (Å²) in [6, 6.07) is 4.13. The van der Waals surface area contributed by atoms with Crippen molar-refractivity contribution in [2.24, 2.45) is 0 Å². The molecular formula is C20H26N4O2. The number of hydrogen-bond acceptors (Lipinski definition) is 5. The van der Waals surface area contributed by atoms with E-state index in [2.05, 4.69) is 15.0 Å². The second-order valence-corrected chi connectivity index (χ2v) is 6.65. The number of morpholine rings is 1. The minimum absolute atomic E-state index is 0.124. The first-order valence-electron chi connectivity index (χ1n) is 9.26. The summed E-state index contributed by atoms with van der Waals surface area (Å²) in [5.74, 6) is 0.225. The number of pyridine rings is 1. The molecule has 0 N–H and O–H groups in total. The lowest BCUT2D eigenvalue weighted by Crippen LogP contribution is -2.48. The predicted octanol–water partition coefficient (Wildman–Crippen LogP) is 2.36. The summed E-state index contributed by atoms with van der Waals surface area (Å²) >= 11 is 0. The van der Waals surface area contributed by atoms with Crippen LogP contribution in [0.1, 0.15) is 36.2 Å². The molecule has 2 aromatic rings. The Hall–Kier alpha value is -2.34. The van der Waals surface area contributed by atoms with E-state index < -0.39 is 0 Å². The number of rotatable bonds is 7. The van der Waals surface area contributed by atoms with Gasteiger partial charge in [-0.05, 0) is 50.3 Å². The molecule has 6 nitrogen and oxygen atoms in total. The molecule has 2 aromatic heterocycles. The van der Waals surface area contributed by atoms with Crippen LogP contribution in [0.3, 0.4) is 0 Å². The van der Waals surface area contributed by atoms with Gasteiger partial charge < -0.3 is 9.64 Å². The Morgan fingerprint density at radius 2 is 2.00 bits per heavy atom. The van der Waals surface area contributed by atoms with Crippen LogP contribution in [0.5, 0.6) is 0 Å². The van der Waals surface area contributed by atoms with Gasteiger partial charge in [-0.2, -0.15) is 0 Å². The van der Waals surface area contributed by atoms with Crippen molar-refractivity contribution in [3.8, 4) is 0 Å². The fourth-order valence-corrected chi connectivity index (χ4v) is 3.34. The van der Waals surface area contributed by atoms with Crippen LogP contribution < -0.4 is 0 Å². The van der Waals surface area contributed by atoms with E-state index in [1.165, 1.54) is 5.56 Å². The third-order valence-electron chi connectivity index (χ3n) is 4.85. The normalized spacial score (nSPS) is 17.3. The lowest BCUT2D eigenvalue weighted by molar-refractivity contribution is -0.140. The molecule has 138 valence electrons. The molecule has 1 atom stereocenters. The molecule has 1 fully saturated rings. The van der Waals surface area contributed by atoms with Gasteiger partial charge in [-0.15, -0.1) is 0 Å². The molecule has 3 heterocycles. The van der Waals surface area contributed by atoms with E-state index in [0.717, 1.165) is 37.1 Å². The van der Waals surface area contributed by atoms with E-state index in [1.807, 2.05) is 24.0 Å². The van der Waals surface area contributed by atoms with Gasteiger partial charge in [-0.25, -0.2) is 0 Å². The number of nitrogens with zero attached hydrogens (tertiary/aromatic N) is 4. The minimum Gasteiger partial charge on any atom is -0.377 e. The third-order valence-corrected chi connectivity index (χ3v) is 4.85. The number of carbonyl (C=O) groups is 1. The van der Waals surface area contributed by atoms with Crippen molar-refractivity contribution in [1.82, 2.24) is 19.9 Å². The molecular weight excluding hydrogens is 328 g/mol. The number of hydrogen-bond donors (Lipinski definition) is 0. The zero-order chi connectivity index (χ0) is 18.2. The summed E-state index contributed by atoms with van der Waals surface area (Å²) in [4.78, 5) is 27.4. The Morgan fingerprint density at radius 1 is 1.19 bits per heavy atom. The molecule has 0 aliphatic carbocycles. The molecule has 0 radical (unpaired) electrons. The van der Waals surface area contributed by atoms with E-state index in [1.54, 1.807) is 24.8 Å². The maximum atomic E-state index is 12.7. The standard InChI is InChI=1S/C20H26N4O2/c1-16-19(23-12-11-22-16)6-5-18-15-26-14-13-24(18)20(25)4-2-3-17-7-9-21-10-8-17/h7-12,18H,2-6,13-15H2,1H3/t18-/m0/s1. The summed E-state index contributed by atoms with van der Waals surface area (Å²) in [7, 11) is 0. The Balaban J connectivity index is 1.51. The van der Waals surface area contributed by atoms with Crippen LogP contribution in [0.4, 0.5) is 0 Å². The molecule has 0 bridgehead atoms. The first kappa shape index (κ1) is 18.5. The summed E-state index contributed by atoms with van der Waals surface area (Å²) in [6.45, 7) is 3.88. The quantitative estimate of drug-likeness (QED) is 0.763. The highest BCUT2D eigenvalue weighted by molar-refractivity contribution is 5.76. The number of aromatic nitrogens is 3. The average molecular weight is 354 g/mol. The molecule has 0 spiro atoms. The van der Waals surface area contributed by atoms with Crippen LogP contribution in [0.25, 0.3) is 0 Å². The molecule has 26 heavy (non-hydrogen) atoms. The molecule has 0 unspecified atom stereocenters. The summed E-state index contributed by atoms with van der Waals surface area (Å²) in [5.41, 5.74) is 3.19. The smallest absolute Gasteiger partial charge is 0.222 e. The van der Waals surface area contributed by atoms with Crippen molar-refractivity contribution >= 4 is 5.91 Å². The molecule has 0 aromatic carbocycles. The Kier molecular flexibility index (Phi) is 6.66. The fraction of sp³-hybridized carbons (Fsp3) is 0.500. The molecule has 1 saturated heterocycles. The van der Waals surface area contributed by atoms with Gasteiger partial charge in [0.2, 0.25) is 5.91 Å². The topological polar surface area (TPSA) is 68.2 Å². The van der Waals surface area contributed by atoms with Crippen molar-refractivity contribution in [2.75, 3.05) is 19.8 Å². The van der Waals surface area contributed by atoms with Crippen molar-refractivity contribution in [3.63, 3.8) is 0 Å². The average Bonchev–Trinajstić information content (AvgIpc) is 2.68. The highest BCUT2D eigenvalue weighted by Crippen LogP contribution is 2.16. The Labute approximate surface area is 154 Å². The maximum absolute atomic E-state index is 12.7. The molecule has 0 saturated carbocycles. The van der Waals surface area contributed by atoms with Gasteiger partial charge in [-0.1, -0.05) is 0 Å². The van der Waals surface area contributed by atoms with Gasteiger partial charge >= 0.3 is 0 Å². The molecule has 1 aliphatic rings. The Bertz CT molecular complexity index is 708. The number of aryl methyl sites for hydroxylation is 3. The molecule has 3 rings (SSSR count). The Morgan fingerprint density at radius 3 is 2.81 bits per heavy atom. The highest BCUT2D eigenvalue weighted by Gasteiger charge is 2.26. The lowest BCUT2D eigenvalue weighted by Gasteiger charge is -2.36. The zero-order valence-electron chi connectivity index (χ0n) is 15.3. The predicted molar refractivity (Wildman–Crippen MR) is 98.6 cm³/mol. The van der Waals surface area contributed by atoms with Crippen LogP contribution in [0.15, 0.2) is 36.9 Å². The summed E-state index contributed by atoms with van der Waals surface area (Å²) in [5, 5.41) is 0. The second-order valence-electron chi connectivity index (χ2n) is 6.65. The second kappa shape index (κ2) is 9.38. The van der Waals surface area contributed by atoms with Crippen LogP contribution in [-0.2, 0) is 22.4 Å². The SMILES string of the molecule is Cc1nccnc1CC[C@H]1COCCN1C(=O)CCCc1ccncc1. The first-order valence-corrected chi connectivity index (χ1v) is 9.26.